The number of carbonyl (C=O) groups excluding carboxylic acids is 3. The van der Waals surface area contributed by atoms with E-state index in [0.29, 0.717) is 34.3 Å². The van der Waals surface area contributed by atoms with Gasteiger partial charge >= 0.3 is 12.2 Å². The summed E-state index contributed by atoms with van der Waals surface area (Å²) in [5.74, 6) is 1.41. The number of rotatable bonds is 11. The Hall–Kier alpha value is -5.96. The summed E-state index contributed by atoms with van der Waals surface area (Å²) in [5.41, 5.74) is 5.75. The van der Waals surface area contributed by atoms with Crippen molar-refractivity contribution in [3.05, 3.63) is 77.6 Å². The molecule has 2 saturated heterocycles. The molecule has 0 spiro atoms. The maximum atomic E-state index is 13.8. The fourth-order valence-corrected chi connectivity index (χ4v) is 9.58. The molecule has 4 aliphatic rings. The number of halogens is 1. The van der Waals surface area contributed by atoms with E-state index >= 15 is 0 Å². The number of aromatic nitrogens is 5. The minimum Gasteiger partial charge on any atom is -0.465 e. The highest BCUT2D eigenvalue weighted by Crippen LogP contribution is 2.55. The van der Waals surface area contributed by atoms with E-state index in [1.807, 2.05) is 86.0 Å². The van der Waals surface area contributed by atoms with Gasteiger partial charge in [-0.1, -0.05) is 75.7 Å². The van der Waals surface area contributed by atoms with Gasteiger partial charge in [0.1, 0.15) is 34.6 Å². The fourth-order valence-electron chi connectivity index (χ4n) is 9.33. The number of imidazole rings is 2. The second-order valence-electron chi connectivity index (χ2n) is 17.3. The van der Waals surface area contributed by atoms with Gasteiger partial charge < -0.3 is 40.2 Å². The smallest absolute Gasteiger partial charge is 0.407 e. The summed E-state index contributed by atoms with van der Waals surface area (Å²) in [6.07, 6.45) is 3.32. The zero-order valence-electron chi connectivity index (χ0n) is 34.0. The number of hydrogen-bond donors (Lipinski definition) is 5. The number of alkyl carbamates (subject to hydrolysis) is 1. The minimum absolute atomic E-state index is 0.105. The molecular formula is C44H48ClN9O6. The summed E-state index contributed by atoms with van der Waals surface area (Å²) in [5, 5.41) is 15.9. The molecule has 5 N–H and O–H groups in total. The summed E-state index contributed by atoms with van der Waals surface area (Å²) >= 11 is 6.77. The molecular weight excluding hydrogens is 786 g/mol. The number of likely N-dealkylation sites (tertiary alicyclic amines) is 2. The van der Waals surface area contributed by atoms with Gasteiger partial charge in [-0.25, -0.2) is 24.5 Å². The summed E-state index contributed by atoms with van der Waals surface area (Å²) in [4.78, 5) is 76.0. The highest BCUT2D eigenvalue weighted by molar-refractivity contribution is 6.32. The third kappa shape index (κ3) is 7.22. The zero-order chi connectivity index (χ0) is 42.1. The van der Waals surface area contributed by atoms with Crippen LogP contribution in [-0.2, 0) is 14.3 Å². The average molecular weight is 834 g/mol. The van der Waals surface area contributed by atoms with E-state index in [2.05, 4.69) is 31.7 Å². The van der Waals surface area contributed by atoms with Crippen LogP contribution in [0.1, 0.15) is 77.1 Å². The number of H-pyrrole nitrogens is 2. The Labute approximate surface area is 351 Å². The second-order valence-corrected chi connectivity index (χ2v) is 17.7. The quantitative estimate of drug-likeness (QED) is 0.0904. The van der Waals surface area contributed by atoms with Crippen molar-refractivity contribution in [2.45, 2.75) is 89.6 Å². The molecule has 15 nitrogen and oxygen atoms in total. The Kier molecular flexibility index (Phi) is 10.0. The van der Waals surface area contributed by atoms with Crippen molar-refractivity contribution < 1.29 is 29.0 Å². The number of pyridine rings is 1. The minimum atomic E-state index is -1.21. The van der Waals surface area contributed by atoms with Gasteiger partial charge in [0.05, 0.1) is 42.3 Å². The standard InChI is InChI=1S/C44H48ClN9O6/c1-20(2)35(50-43(57)58)41(55)53-31-15-26(31)17-33(53)39-46-19-30(48-39)29-13-11-25-14-24(10-12-28(25)47-29)22-6-8-23(9-7-22)37-38(45)52-40(49-37)34-18-27-16-32(27)54(34)42(56)36(21(3)4)51-44(59)60-5/h6-14,19-21,26-27,31-36,50H,15-18H2,1-5H3,(H,46,48)(H,49,52)(H,51,59)(H,57,58)/t26-,27+,31-,32-,33+,34+,35+,36+/m1/s1. The molecule has 0 radical (unpaired) electrons. The maximum absolute atomic E-state index is 13.8. The molecule has 5 aromatic rings. The summed E-state index contributed by atoms with van der Waals surface area (Å²) < 4.78 is 4.79. The van der Waals surface area contributed by atoms with Gasteiger partial charge in [-0.05, 0) is 78.7 Å². The maximum Gasteiger partial charge on any atom is 0.407 e. The molecule has 60 heavy (non-hydrogen) atoms. The van der Waals surface area contributed by atoms with E-state index in [-0.39, 0.29) is 47.8 Å². The molecule has 312 valence electrons. The van der Waals surface area contributed by atoms with Crippen LogP contribution in [0.25, 0.3) is 44.7 Å². The highest BCUT2D eigenvalue weighted by Gasteiger charge is 2.57. The number of aromatic amines is 2. The first-order chi connectivity index (χ1) is 28.8. The fraction of sp³-hybridized carbons (Fsp3) is 0.432. The Morgan fingerprint density at radius 3 is 1.98 bits per heavy atom. The van der Waals surface area contributed by atoms with Crippen LogP contribution in [0.2, 0.25) is 5.15 Å². The first kappa shape index (κ1) is 39.5. The second kappa shape index (κ2) is 15.3. The number of nitrogens with one attached hydrogen (secondary N) is 4. The van der Waals surface area contributed by atoms with Crippen molar-refractivity contribution in [2.75, 3.05) is 7.11 Å². The van der Waals surface area contributed by atoms with E-state index in [1.165, 1.54) is 7.11 Å². The molecule has 9 rings (SSSR count). The van der Waals surface area contributed by atoms with Gasteiger partial charge in [0.25, 0.3) is 0 Å². The molecule has 0 bridgehead atoms. The molecule has 2 saturated carbocycles. The van der Waals surface area contributed by atoms with Gasteiger partial charge in [0.15, 0.2) is 0 Å². The number of piperidine rings is 2. The van der Waals surface area contributed by atoms with E-state index in [0.717, 1.165) is 64.7 Å². The van der Waals surface area contributed by atoms with Crippen molar-refractivity contribution in [1.82, 2.24) is 45.4 Å². The number of amides is 4. The zero-order valence-corrected chi connectivity index (χ0v) is 34.7. The van der Waals surface area contributed by atoms with Crippen LogP contribution in [0.3, 0.4) is 0 Å². The molecule has 2 aliphatic carbocycles. The third-order valence-electron chi connectivity index (χ3n) is 12.7. The van der Waals surface area contributed by atoms with Gasteiger partial charge in [-0.15, -0.1) is 0 Å². The van der Waals surface area contributed by atoms with Crippen LogP contribution < -0.4 is 10.6 Å². The lowest BCUT2D eigenvalue weighted by molar-refractivity contribution is -0.137. The predicted octanol–water partition coefficient (Wildman–Crippen LogP) is 7.33. The first-order valence-corrected chi connectivity index (χ1v) is 21.0. The first-order valence-electron chi connectivity index (χ1n) is 20.6. The predicted molar refractivity (Wildman–Crippen MR) is 224 cm³/mol. The summed E-state index contributed by atoms with van der Waals surface area (Å²) in [7, 11) is 1.29. The largest absolute Gasteiger partial charge is 0.465 e. The molecule has 0 unspecified atom stereocenters. The number of ether oxygens (including phenoxy) is 1. The number of carboxylic acid groups (broad SMARTS) is 1. The lowest BCUT2D eigenvalue weighted by Gasteiger charge is -2.31. The van der Waals surface area contributed by atoms with Crippen molar-refractivity contribution in [2.24, 2.45) is 23.7 Å². The summed E-state index contributed by atoms with van der Waals surface area (Å²) in [6.45, 7) is 7.48. The third-order valence-corrected chi connectivity index (χ3v) is 13.0. The van der Waals surface area contributed by atoms with Crippen molar-refractivity contribution in [3.63, 3.8) is 0 Å². The Balaban J connectivity index is 0.896. The molecule has 2 aliphatic heterocycles. The number of methoxy groups -OCH3 is 1. The Bertz CT molecular complexity index is 2500. The molecule has 16 heteroatoms. The van der Waals surface area contributed by atoms with Crippen molar-refractivity contribution in [1.29, 1.82) is 0 Å². The summed E-state index contributed by atoms with van der Waals surface area (Å²) in [6, 6.07) is 16.3. The lowest BCUT2D eigenvalue weighted by Crippen LogP contribution is -2.52. The average Bonchev–Trinajstić information content (AvgIpc) is 3.88. The normalized spacial score (nSPS) is 23.7. The van der Waals surface area contributed by atoms with E-state index in [9.17, 15) is 24.3 Å². The SMILES string of the molecule is COC(=O)N[C@H](C(=O)N1[C@@H]2C[C@H]2C[C@H]1c1nc(-c2ccc(-c3ccc4nc(-c5cnc([C@@H]6C[C@H]7C[C@H]7N6C(=O)[C@@H](NC(=O)O)C(C)C)[nH]5)ccc4c3)cc2)c(Cl)[nH]1)C(C)C. The van der Waals surface area contributed by atoms with Crippen LogP contribution in [0, 0.1) is 23.7 Å². The molecule has 4 amide bonds. The molecule has 8 atom stereocenters. The monoisotopic (exact) mass is 833 g/mol. The van der Waals surface area contributed by atoms with Crippen LogP contribution in [0.15, 0.2) is 60.8 Å². The Morgan fingerprint density at radius 1 is 0.767 bits per heavy atom. The van der Waals surface area contributed by atoms with Crippen LogP contribution in [0.5, 0.6) is 0 Å². The van der Waals surface area contributed by atoms with Crippen LogP contribution in [-0.4, -0.2) is 95.1 Å². The molecule has 4 fully saturated rings. The topological polar surface area (TPSA) is 199 Å². The van der Waals surface area contributed by atoms with Crippen molar-refractivity contribution >= 4 is 46.5 Å². The number of carbonyl (C=O) groups is 4. The van der Waals surface area contributed by atoms with E-state index in [1.54, 1.807) is 6.20 Å². The highest BCUT2D eigenvalue weighted by atomic mass is 35.5. The van der Waals surface area contributed by atoms with Gasteiger partial charge in [0.2, 0.25) is 11.8 Å². The van der Waals surface area contributed by atoms with E-state index < -0.39 is 24.3 Å². The van der Waals surface area contributed by atoms with Gasteiger partial charge in [-0.3, -0.25) is 9.59 Å². The molecule has 3 aromatic heterocycles. The van der Waals surface area contributed by atoms with Crippen LogP contribution in [0.4, 0.5) is 9.59 Å². The van der Waals surface area contributed by atoms with E-state index in [4.69, 9.17) is 26.3 Å². The van der Waals surface area contributed by atoms with Crippen LogP contribution >= 0.6 is 11.6 Å². The van der Waals surface area contributed by atoms with Gasteiger partial charge in [0, 0.05) is 23.0 Å². The number of nitrogens with zero attached hydrogens (tertiary/aromatic N) is 5. The lowest BCUT2D eigenvalue weighted by atomic mass is 10.0. The number of hydrogen-bond acceptors (Lipinski definition) is 8. The Morgan fingerprint density at radius 2 is 1.37 bits per heavy atom. The molecule has 2 aromatic carbocycles. The van der Waals surface area contributed by atoms with Gasteiger partial charge in [-0.2, -0.15) is 0 Å². The van der Waals surface area contributed by atoms with Crippen molar-refractivity contribution in [3.8, 4) is 33.8 Å². The molecule has 5 heterocycles. The number of benzene rings is 2. The number of fused-ring (bicyclic) bond motifs is 3.